The molecule has 0 aliphatic heterocycles. The molecular weight excluding hydrogens is 552 g/mol. The monoisotopic (exact) mass is 582 g/mol. The average molecular weight is 583 g/mol. The van der Waals surface area contributed by atoms with Crippen molar-refractivity contribution in [1.82, 2.24) is 0 Å². The minimum Gasteiger partial charge on any atom is -0.507 e. The van der Waals surface area contributed by atoms with Gasteiger partial charge in [-0.05, 0) is 29.8 Å². The van der Waals surface area contributed by atoms with Gasteiger partial charge in [-0.15, -0.1) is 0 Å². The normalized spacial score (nSPS) is 12.3. The Morgan fingerprint density at radius 3 is 2.24 bits per heavy atom. The molecule has 12 nitrogen and oxygen atoms in total. The van der Waals surface area contributed by atoms with Crippen LogP contribution >= 0.6 is 0 Å². The Bertz CT molecular complexity index is 1600. The zero-order valence-electron chi connectivity index (χ0n) is 23.5. The number of hydrogen-bond acceptors (Lipinski definition) is 12. The molecule has 0 bridgehead atoms. The molecule has 4 aromatic rings. The van der Waals surface area contributed by atoms with E-state index in [9.17, 15) is 14.7 Å². The number of benzene rings is 3. The molecule has 0 saturated heterocycles. The van der Waals surface area contributed by atoms with E-state index in [1.54, 1.807) is 37.4 Å². The molecule has 2 unspecified atom stereocenters. The van der Waals surface area contributed by atoms with Crippen molar-refractivity contribution in [3.63, 3.8) is 0 Å². The molecule has 2 atom stereocenters. The molecule has 0 aliphatic rings. The lowest BCUT2D eigenvalue weighted by Gasteiger charge is -2.28. The second-order valence-electron chi connectivity index (χ2n) is 8.98. The van der Waals surface area contributed by atoms with Crippen LogP contribution in [0.15, 0.2) is 63.8 Å². The highest BCUT2D eigenvalue weighted by Gasteiger charge is 2.30. The fourth-order valence-corrected chi connectivity index (χ4v) is 4.43. The number of carbonyl (C=O) groups is 1. The van der Waals surface area contributed by atoms with Crippen molar-refractivity contribution in [2.45, 2.75) is 19.1 Å². The predicted molar refractivity (Wildman–Crippen MR) is 150 cm³/mol. The largest absolute Gasteiger partial charge is 0.507 e. The molecular formula is C30H30O12. The van der Waals surface area contributed by atoms with Crippen molar-refractivity contribution in [3.05, 3.63) is 70.4 Å². The summed E-state index contributed by atoms with van der Waals surface area (Å²) in [6.45, 7) is 1.12. The van der Waals surface area contributed by atoms with Crippen LogP contribution in [0.1, 0.15) is 18.6 Å². The Labute approximate surface area is 240 Å². The molecule has 1 aromatic heterocycles. The van der Waals surface area contributed by atoms with Crippen LogP contribution in [0, 0.1) is 0 Å². The number of phenols is 1. The quantitative estimate of drug-likeness (QED) is 0.135. The van der Waals surface area contributed by atoms with Crippen molar-refractivity contribution < 1.29 is 52.9 Å². The first kappa shape index (κ1) is 30.0. The van der Waals surface area contributed by atoms with E-state index < -0.39 is 29.4 Å². The van der Waals surface area contributed by atoms with Gasteiger partial charge in [0, 0.05) is 37.8 Å². The van der Waals surface area contributed by atoms with Gasteiger partial charge in [0.15, 0.2) is 28.8 Å². The summed E-state index contributed by atoms with van der Waals surface area (Å²) in [4.78, 5) is 28.8. The summed E-state index contributed by atoms with van der Waals surface area (Å²) in [6, 6.07) is 13.8. The fraction of sp³-hybridized carbons (Fsp3) is 0.267. The first-order chi connectivity index (χ1) is 20.2. The molecule has 0 radical (unpaired) electrons. The van der Waals surface area contributed by atoms with E-state index in [0.29, 0.717) is 16.9 Å². The standard InChI is InChI=1S/C30H30O12/c1-16(31)39-15-27(29(38-5)17-7-6-8-19(9-17)35-2)41-30-25(36-3)10-18(11-26(30)37-4)23-14-22(33)28-21(32)12-20(42-34)13-24(28)40-23/h6-14,27,29,32,34H,15H2,1-5H3. The summed E-state index contributed by atoms with van der Waals surface area (Å²) in [7, 11) is 5.88. The number of fused-ring (bicyclic) bond motifs is 1. The zero-order valence-corrected chi connectivity index (χ0v) is 23.5. The van der Waals surface area contributed by atoms with Gasteiger partial charge in [-0.25, -0.2) is 5.26 Å². The highest BCUT2D eigenvalue weighted by atomic mass is 17.1. The Morgan fingerprint density at radius 2 is 1.64 bits per heavy atom. The minimum absolute atomic E-state index is 0.0255. The second-order valence-corrected chi connectivity index (χ2v) is 8.98. The highest BCUT2D eigenvalue weighted by molar-refractivity contribution is 5.86. The number of carbonyl (C=O) groups excluding carboxylic acids is 1. The number of rotatable bonds is 12. The van der Waals surface area contributed by atoms with Crippen LogP contribution in [-0.2, 0) is 14.3 Å². The fourth-order valence-electron chi connectivity index (χ4n) is 4.43. The third kappa shape index (κ3) is 6.35. The molecule has 42 heavy (non-hydrogen) atoms. The number of phenolic OH excluding ortho intramolecular Hbond substituents is 1. The van der Waals surface area contributed by atoms with Crippen LogP contribution in [0.25, 0.3) is 22.3 Å². The maximum Gasteiger partial charge on any atom is 0.302 e. The maximum absolute atomic E-state index is 12.9. The molecule has 4 rings (SSSR count). The van der Waals surface area contributed by atoms with Crippen LogP contribution in [0.2, 0.25) is 0 Å². The lowest BCUT2D eigenvalue weighted by atomic mass is 10.0. The summed E-state index contributed by atoms with van der Waals surface area (Å²) in [5.41, 5.74) is 0.519. The van der Waals surface area contributed by atoms with Gasteiger partial charge in [0.25, 0.3) is 0 Å². The Morgan fingerprint density at radius 1 is 0.929 bits per heavy atom. The lowest BCUT2D eigenvalue weighted by molar-refractivity contribution is -0.146. The summed E-state index contributed by atoms with van der Waals surface area (Å²) in [5.74, 6) is 0.232. The van der Waals surface area contributed by atoms with Crippen LogP contribution in [0.3, 0.4) is 0 Å². The lowest BCUT2D eigenvalue weighted by Crippen LogP contribution is -2.32. The molecule has 0 spiro atoms. The van der Waals surface area contributed by atoms with Gasteiger partial charge < -0.3 is 42.8 Å². The van der Waals surface area contributed by atoms with E-state index in [4.69, 9.17) is 38.1 Å². The van der Waals surface area contributed by atoms with E-state index in [1.165, 1.54) is 40.4 Å². The number of hydrogen-bond donors (Lipinski definition) is 2. The Hall–Kier alpha value is -4.94. The molecule has 3 aromatic carbocycles. The van der Waals surface area contributed by atoms with Gasteiger partial charge >= 0.3 is 5.97 Å². The van der Waals surface area contributed by atoms with Crippen LogP contribution in [-0.4, -0.2) is 57.5 Å². The van der Waals surface area contributed by atoms with Crippen LogP contribution < -0.4 is 29.3 Å². The first-order valence-corrected chi connectivity index (χ1v) is 12.6. The van der Waals surface area contributed by atoms with Gasteiger partial charge in [-0.3, -0.25) is 9.59 Å². The van der Waals surface area contributed by atoms with Crippen molar-refractivity contribution in [1.29, 1.82) is 0 Å². The van der Waals surface area contributed by atoms with Crippen molar-refractivity contribution >= 4 is 16.9 Å². The Balaban J connectivity index is 1.80. The Kier molecular flexibility index (Phi) is 9.40. The van der Waals surface area contributed by atoms with Gasteiger partial charge in [0.2, 0.25) is 5.75 Å². The number of ether oxygens (including phenoxy) is 6. The SMILES string of the molecule is COc1cccc(C(OC)C(COC(C)=O)Oc2c(OC)cc(-c3cc(=O)c4c(O)cc(OO)cc4o3)cc2OC)c1. The average Bonchev–Trinajstić information content (AvgIpc) is 2.99. The van der Waals surface area contributed by atoms with Gasteiger partial charge in [0.1, 0.15) is 40.9 Å². The maximum atomic E-state index is 12.9. The number of aromatic hydroxyl groups is 1. The molecule has 222 valence electrons. The highest BCUT2D eigenvalue weighted by Crippen LogP contribution is 2.44. The third-order valence-electron chi connectivity index (χ3n) is 6.37. The van der Waals surface area contributed by atoms with Crippen molar-refractivity contribution in [2.24, 2.45) is 0 Å². The molecule has 0 fully saturated rings. The van der Waals surface area contributed by atoms with Gasteiger partial charge in [-0.2, -0.15) is 0 Å². The first-order valence-electron chi connectivity index (χ1n) is 12.6. The summed E-state index contributed by atoms with van der Waals surface area (Å²) in [6.07, 6.45) is -1.57. The molecule has 2 N–H and O–H groups in total. The van der Waals surface area contributed by atoms with Crippen molar-refractivity contribution in [2.75, 3.05) is 35.0 Å². The smallest absolute Gasteiger partial charge is 0.302 e. The number of methoxy groups -OCH3 is 4. The summed E-state index contributed by atoms with van der Waals surface area (Å²) in [5, 5.41) is 19.1. The molecule has 12 heteroatoms. The van der Waals surface area contributed by atoms with Gasteiger partial charge in [0.05, 0.1) is 21.3 Å². The van der Waals surface area contributed by atoms with E-state index in [-0.39, 0.29) is 46.3 Å². The van der Waals surface area contributed by atoms with Crippen molar-refractivity contribution in [3.8, 4) is 45.8 Å². The van der Waals surface area contributed by atoms with E-state index in [0.717, 1.165) is 6.07 Å². The van der Waals surface area contributed by atoms with E-state index in [1.807, 2.05) is 6.07 Å². The van der Waals surface area contributed by atoms with Gasteiger partial charge in [-0.1, -0.05) is 12.1 Å². The molecule has 0 aliphatic carbocycles. The summed E-state index contributed by atoms with van der Waals surface area (Å²) < 4.78 is 39.9. The predicted octanol–water partition coefficient (Wildman–Crippen LogP) is 4.74. The van der Waals surface area contributed by atoms with E-state index >= 15 is 0 Å². The van der Waals surface area contributed by atoms with Crippen LogP contribution in [0.5, 0.6) is 34.5 Å². The molecule has 0 saturated carbocycles. The minimum atomic E-state index is -0.863. The van der Waals surface area contributed by atoms with E-state index in [2.05, 4.69) is 4.89 Å². The zero-order chi connectivity index (χ0) is 30.4. The molecule has 0 amide bonds. The van der Waals surface area contributed by atoms with Crippen LogP contribution in [0.4, 0.5) is 0 Å². The second kappa shape index (κ2) is 13.1. The summed E-state index contributed by atoms with van der Waals surface area (Å²) >= 11 is 0. The third-order valence-corrected chi connectivity index (χ3v) is 6.37. The topological polar surface area (TPSA) is 152 Å². The molecule has 1 heterocycles. The number of esters is 1.